The van der Waals surface area contributed by atoms with Crippen molar-refractivity contribution in [1.29, 1.82) is 0 Å². The molecule has 0 spiro atoms. The zero-order valence-corrected chi connectivity index (χ0v) is 50.6. The summed E-state index contributed by atoms with van der Waals surface area (Å²) >= 11 is 0. The van der Waals surface area contributed by atoms with Gasteiger partial charge in [0.05, 0.1) is 46.1 Å². The van der Waals surface area contributed by atoms with E-state index in [1.54, 1.807) is 47.1 Å². The van der Waals surface area contributed by atoms with Crippen LogP contribution in [0.5, 0.6) is 28.7 Å². The predicted octanol–water partition coefficient (Wildman–Crippen LogP) is 10.1. The topological polar surface area (TPSA) is 191 Å². The fourth-order valence-electron chi connectivity index (χ4n) is 15.3. The number of cyclic esters (lactones) is 1. The molecule has 1 radical (unpaired) electrons. The molecule has 7 aliphatic rings. The number of carbonyl (C=O) groups is 3. The number of hydrogen-bond donors (Lipinski definition) is 4. The van der Waals surface area contributed by atoms with E-state index in [-0.39, 0.29) is 91.6 Å². The second kappa shape index (κ2) is 23.8. The molecule has 2 heterocycles. The Kier molecular flexibility index (Phi) is 17.8. The molecule has 83 heavy (non-hydrogen) atoms. The zero-order chi connectivity index (χ0) is 58.8. The molecular formula is C67H78FLuNO13. The maximum absolute atomic E-state index is 16.9. The minimum atomic E-state index is -1.98. The van der Waals surface area contributed by atoms with E-state index in [1.165, 1.54) is 46.7 Å². The zero-order valence-electron chi connectivity index (χ0n) is 48.9. The molecule has 4 fully saturated rings. The number of nitrogens with zero attached hydrogens (tertiary/aromatic N) is 1. The van der Waals surface area contributed by atoms with E-state index in [9.17, 15) is 34.8 Å². The van der Waals surface area contributed by atoms with Crippen molar-refractivity contribution in [3.63, 3.8) is 0 Å². The van der Waals surface area contributed by atoms with Crippen LogP contribution in [0.1, 0.15) is 113 Å². The van der Waals surface area contributed by atoms with Crippen molar-refractivity contribution in [3.05, 3.63) is 148 Å². The molecule has 1 saturated heterocycles. The van der Waals surface area contributed by atoms with E-state index >= 15 is 4.39 Å². The van der Waals surface area contributed by atoms with Gasteiger partial charge in [-0.15, -0.1) is 0 Å². The smallest absolute Gasteiger partial charge is 0.310 e. The average Bonchev–Trinajstić information content (AvgIpc) is 2.24. The Morgan fingerprint density at radius 1 is 0.843 bits per heavy atom. The molecule has 14 nitrogen and oxygen atoms in total. The van der Waals surface area contributed by atoms with Crippen molar-refractivity contribution in [3.8, 4) is 28.7 Å². The molecule has 12 atom stereocenters. The fourth-order valence-corrected chi connectivity index (χ4v) is 15.3. The number of aliphatic hydroxyl groups is 4. The first-order valence-electron chi connectivity index (χ1n) is 28.5. The second-order valence-corrected chi connectivity index (χ2v) is 25.0. The summed E-state index contributed by atoms with van der Waals surface area (Å²) in [5.74, 6) is -1.13. The maximum Gasteiger partial charge on any atom is 0.310 e. The van der Waals surface area contributed by atoms with E-state index in [2.05, 4.69) is 99.4 Å². The molecule has 0 unspecified atom stereocenters. The molecular weight excluding hydrogens is 1220 g/mol. The van der Waals surface area contributed by atoms with Crippen LogP contribution in [-0.4, -0.2) is 109 Å². The van der Waals surface area contributed by atoms with E-state index < -0.39 is 64.5 Å². The number of benzene rings is 5. The van der Waals surface area contributed by atoms with Crippen LogP contribution in [0.3, 0.4) is 0 Å². The van der Waals surface area contributed by atoms with Gasteiger partial charge in [-0.1, -0.05) is 113 Å². The SMILES string of the molecule is CN(Cc1ccc(C(C)(C)C)cc1)Cc1cccc2ccccc12.COc1cc([C@@H]2c3cc4c(cc3[C@H](O)[C@H]3COC(=O)[C@H]23)OCO4)cc(OC)c1OC.C[C@H]1C[C@H]2[C@@H]3CCC4=CC(=O)C=C[C@]4(C)[C@@]3(F)[C@@H](O)C[C@]2(C)[C@@]1(O)C(=O)CO.[Lu]. The molecule has 0 aromatic heterocycles. The summed E-state index contributed by atoms with van der Waals surface area (Å²) in [6.07, 6.45) is 3.60. The summed E-state index contributed by atoms with van der Waals surface area (Å²) in [5.41, 5.74) is 1.49. The van der Waals surface area contributed by atoms with E-state index in [1.807, 2.05) is 18.2 Å². The summed E-state index contributed by atoms with van der Waals surface area (Å²) in [7, 11) is 6.82. The summed E-state index contributed by atoms with van der Waals surface area (Å²) < 4.78 is 49.8. The number of halogens is 1. The minimum Gasteiger partial charge on any atom is -0.493 e. The number of carbonyl (C=O) groups excluding carboxylic acids is 3. The average molecular weight is 1300 g/mol. The Bertz CT molecular complexity index is 3310. The summed E-state index contributed by atoms with van der Waals surface area (Å²) in [6, 6.07) is 31.6. The number of rotatable bonds is 10. The Balaban J connectivity index is 0.000000150. The van der Waals surface area contributed by atoms with Crippen molar-refractivity contribution < 1.29 is 104 Å². The number of aliphatic hydroxyl groups excluding tert-OH is 3. The molecule has 3 saturated carbocycles. The van der Waals surface area contributed by atoms with Crippen molar-refractivity contribution in [1.82, 2.24) is 4.90 Å². The molecule has 0 bridgehead atoms. The number of methoxy groups -OCH3 is 3. The third-order valence-electron chi connectivity index (χ3n) is 19.6. The molecule has 451 valence electrons. The number of hydrogen-bond acceptors (Lipinski definition) is 14. The first-order chi connectivity index (χ1) is 39.0. The molecule has 12 rings (SSSR count). The standard InChI is InChI=1S/C23H27N.C22H29FO5.C22H22O8.Lu/c1-23(2,3)21-14-12-18(13-15-21)16-24(4)17-20-10-7-9-19-8-5-6-11-22(19)20;1-12-8-16-15-5-4-13-9-14(25)6-7-19(13,2)21(15,23)17(26)10-20(16,3)22(12,28)18(27)11-24;1-25-16-4-10(5-17(26-2)21(16)27-3)18-11-6-14-15(30-9-29-14)7-12(11)20(23)13-8-28-22(24)19(13)18;/h5-15H,16-17H2,1-4H3;6-7,9,12,15-17,24,26,28H,4-5,8,10-11H2,1-3H3;4-7,13,18-20,23H,8-9H2,1-3H3;/t;12-,15-,16-,17-,19-,20-,21-,22-;13-,18+,19-,20-;/m.00./s1. The molecule has 0 amide bonds. The van der Waals surface area contributed by atoms with Gasteiger partial charge in [0, 0.05) is 78.5 Å². The summed E-state index contributed by atoms with van der Waals surface area (Å²) in [6.45, 7) is 13.5. The van der Waals surface area contributed by atoms with Crippen LogP contribution in [0.4, 0.5) is 4.39 Å². The van der Waals surface area contributed by atoms with E-state index in [0.717, 1.165) is 24.2 Å². The van der Waals surface area contributed by atoms with Crippen LogP contribution in [0.2, 0.25) is 0 Å². The van der Waals surface area contributed by atoms with Gasteiger partial charge in [-0.3, -0.25) is 19.3 Å². The van der Waals surface area contributed by atoms with Crippen molar-refractivity contribution in [2.24, 2.45) is 40.4 Å². The van der Waals surface area contributed by atoms with Gasteiger partial charge in [-0.05, 0) is 137 Å². The van der Waals surface area contributed by atoms with E-state index in [0.29, 0.717) is 59.1 Å². The van der Waals surface area contributed by atoms with Crippen LogP contribution in [0, 0.1) is 77.3 Å². The normalized spacial score (nSPS) is 30.6. The number of Topliss-reactive ketones (excluding diaryl/α,β-unsaturated/α-hetero) is 1. The third-order valence-corrected chi connectivity index (χ3v) is 19.6. The Hall–Kier alpha value is -5.39. The van der Waals surface area contributed by atoms with Crippen LogP contribution in [-0.2, 0) is 37.6 Å². The Morgan fingerprint density at radius 2 is 1.49 bits per heavy atom. The molecule has 4 N–H and O–H groups in total. The fraction of sp³-hybridized carbons (Fsp3) is 0.478. The van der Waals surface area contributed by atoms with Crippen LogP contribution >= 0.6 is 0 Å². The Labute approximate surface area is 515 Å². The predicted molar refractivity (Wildman–Crippen MR) is 308 cm³/mol. The van der Waals surface area contributed by atoms with Gasteiger partial charge < -0.3 is 48.8 Å². The van der Waals surface area contributed by atoms with Gasteiger partial charge in [0.2, 0.25) is 12.5 Å². The number of esters is 1. The first kappa shape index (κ1) is 62.2. The molecule has 2 aliphatic heterocycles. The quantitative estimate of drug-likeness (QED) is 0.0967. The van der Waals surface area contributed by atoms with Crippen molar-refractivity contribution >= 4 is 28.3 Å². The van der Waals surface area contributed by atoms with Crippen LogP contribution < -0.4 is 23.7 Å². The molecule has 16 heteroatoms. The third kappa shape index (κ3) is 10.6. The van der Waals surface area contributed by atoms with Crippen LogP contribution in [0.15, 0.2) is 115 Å². The van der Waals surface area contributed by atoms with Gasteiger partial charge >= 0.3 is 5.97 Å². The second-order valence-electron chi connectivity index (χ2n) is 25.0. The minimum absolute atomic E-state index is 0. The summed E-state index contributed by atoms with van der Waals surface area (Å²) in [5, 5.41) is 45.7. The monoisotopic (exact) mass is 1300 g/mol. The first-order valence-corrected chi connectivity index (χ1v) is 28.5. The largest absolute Gasteiger partial charge is 0.493 e. The number of allylic oxidation sites excluding steroid dienone is 4. The maximum atomic E-state index is 16.9. The van der Waals surface area contributed by atoms with Crippen molar-refractivity contribution in [2.45, 2.75) is 115 Å². The number of ether oxygens (including phenoxy) is 6. The van der Waals surface area contributed by atoms with Gasteiger partial charge in [-0.25, -0.2) is 4.39 Å². The molecule has 5 aromatic carbocycles. The number of fused-ring (bicyclic) bond motifs is 9. The molecule has 5 aliphatic carbocycles. The van der Waals surface area contributed by atoms with Gasteiger partial charge in [0.15, 0.2) is 40.2 Å². The van der Waals surface area contributed by atoms with Crippen LogP contribution in [0.25, 0.3) is 10.8 Å². The molecule has 5 aromatic rings. The van der Waals surface area contributed by atoms with Gasteiger partial charge in [0.1, 0.15) is 12.2 Å². The Morgan fingerprint density at radius 3 is 2.13 bits per heavy atom. The number of alkyl halides is 1. The summed E-state index contributed by atoms with van der Waals surface area (Å²) in [4.78, 5) is 39.5. The van der Waals surface area contributed by atoms with Gasteiger partial charge in [-0.2, -0.15) is 0 Å². The number of ketones is 2. The van der Waals surface area contributed by atoms with Gasteiger partial charge in [0.25, 0.3) is 0 Å². The van der Waals surface area contributed by atoms with E-state index in [4.69, 9.17) is 28.4 Å². The van der Waals surface area contributed by atoms with Crippen molar-refractivity contribution in [2.75, 3.05) is 48.4 Å².